The molecule has 0 bridgehead atoms. The van der Waals surface area contributed by atoms with Crippen molar-refractivity contribution in [3.8, 4) is 0 Å². The van der Waals surface area contributed by atoms with Gasteiger partial charge in [-0.15, -0.1) is 0 Å². The highest BCUT2D eigenvalue weighted by molar-refractivity contribution is 6.07. The maximum absolute atomic E-state index is 12.7. The zero-order valence-electron chi connectivity index (χ0n) is 18.5. The maximum Gasteiger partial charge on any atom is 0.285 e. The van der Waals surface area contributed by atoms with Crippen LogP contribution in [0.25, 0.3) is 0 Å². The van der Waals surface area contributed by atoms with Gasteiger partial charge in [0.15, 0.2) is 0 Å². The summed E-state index contributed by atoms with van der Waals surface area (Å²) in [4.78, 5) is 47.4. The third-order valence-corrected chi connectivity index (χ3v) is 4.96. The van der Waals surface area contributed by atoms with Crippen LogP contribution in [0.15, 0.2) is 71.7 Å². The number of rotatable bonds is 6. The summed E-state index contributed by atoms with van der Waals surface area (Å²) in [5.74, 6) is -0.916. The lowest BCUT2D eigenvalue weighted by Crippen LogP contribution is -2.27. The molecule has 2 N–H and O–H groups in total. The number of carbonyl (C=O) groups is 2. The number of para-hydroxylation sites is 2. The first-order valence-electron chi connectivity index (χ1n) is 10.2. The van der Waals surface area contributed by atoms with Gasteiger partial charge < -0.3 is 10.6 Å². The van der Waals surface area contributed by atoms with Crippen molar-refractivity contribution >= 4 is 28.9 Å². The van der Waals surface area contributed by atoms with Crippen LogP contribution in [-0.2, 0) is 16.8 Å². The van der Waals surface area contributed by atoms with Gasteiger partial charge in [-0.05, 0) is 35.2 Å². The van der Waals surface area contributed by atoms with E-state index in [9.17, 15) is 24.5 Å². The SMILES string of the molecule is CC(C)(C)c1ccc(C(=O)Nc2ccccc2NC(=O)Cn2cc([N+](=O)[O-])ccc2=O)cc1. The van der Waals surface area contributed by atoms with Gasteiger partial charge in [0.05, 0.1) is 22.5 Å². The number of hydrogen-bond acceptors (Lipinski definition) is 5. The molecule has 2 aromatic carbocycles. The highest BCUT2D eigenvalue weighted by Gasteiger charge is 2.16. The molecular formula is C24H24N4O5. The molecule has 1 aromatic heterocycles. The quantitative estimate of drug-likeness (QED) is 0.437. The van der Waals surface area contributed by atoms with Crippen LogP contribution < -0.4 is 16.2 Å². The van der Waals surface area contributed by atoms with E-state index in [0.717, 1.165) is 28.5 Å². The molecule has 9 nitrogen and oxygen atoms in total. The number of anilines is 2. The summed E-state index contributed by atoms with van der Waals surface area (Å²) in [6.07, 6.45) is 1.01. The van der Waals surface area contributed by atoms with Crippen molar-refractivity contribution in [1.82, 2.24) is 4.57 Å². The number of aromatic nitrogens is 1. The molecule has 0 aliphatic heterocycles. The Labute approximate surface area is 190 Å². The predicted molar refractivity (Wildman–Crippen MR) is 126 cm³/mol. The number of nitrogens with zero attached hydrogens (tertiary/aromatic N) is 2. The van der Waals surface area contributed by atoms with Gasteiger partial charge in [0.2, 0.25) is 5.91 Å². The molecular weight excluding hydrogens is 424 g/mol. The zero-order valence-corrected chi connectivity index (χ0v) is 18.5. The third-order valence-electron chi connectivity index (χ3n) is 4.96. The Balaban J connectivity index is 1.73. The van der Waals surface area contributed by atoms with Crippen LogP contribution in [0.3, 0.4) is 0 Å². The Hall–Kier alpha value is -4.27. The second-order valence-corrected chi connectivity index (χ2v) is 8.49. The first kappa shape index (κ1) is 23.4. The minimum Gasteiger partial charge on any atom is -0.323 e. The van der Waals surface area contributed by atoms with E-state index in [1.54, 1.807) is 36.4 Å². The van der Waals surface area contributed by atoms with Gasteiger partial charge in [0.1, 0.15) is 6.54 Å². The molecule has 0 spiro atoms. The Morgan fingerprint density at radius 2 is 1.55 bits per heavy atom. The number of nitro groups is 1. The van der Waals surface area contributed by atoms with Crippen LogP contribution in [-0.4, -0.2) is 21.3 Å². The first-order chi connectivity index (χ1) is 15.5. The van der Waals surface area contributed by atoms with Crippen LogP contribution in [0.5, 0.6) is 0 Å². The largest absolute Gasteiger partial charge is 0.323 e. The summed E-state index contributed by atoms with van der Waals surface area (Å²) < 4.78 is 0.950. The number of carbonyl (C=O) groups excluding carboxylic acids is 2. The standard InChI is InChI=1S/C24H24N4O5/c1-24(2,3)17-10-8-16(9-11-17)23(31)26-20-7-5-4-6-19(20)25-21(29)15-27-14-18(28(32)33)12-13-22(27)30/h4-14H,15H2,1-3H3,(H,25,29)(H,26,31). The number of amides is 2. The lowest BCUT2D eigenvalue weighted by molar-refractivity contribution is -0.385. The predicted octanol–water partition coefficient (Wildman–Crippen LogP) is 3.95. The topological polar surface area (TPSA) is 123 Å². The molecule has 0 saturated heterocycles. The molecule has 1 heterocycles. The average molecular weight is 448 g/mol. The van der Waals surface area contributed by atoms with E-state index in [1.165, 1.54) is 0 Å². The summed E-state index contributed by atoms with van der Waals surface area (Å²) in [6, 6.07) is 16.0. The van der Waals surface area contributed by atoms with E-state index >= 15 is 0 Å². The Bertz CT molecular complexity index is 1260. The summed E-state index contributed by atoms with van der Waals surface area (Å²) in [6.45, 7) is 5.84. The van der Waals surface area contributed by atoms with Crippen molar-refractivity contribution < 1.29 is 14.5 Å². The van der Waals surface area contributed by atoms with Gasteiger partial charge in [0, 0.05) is 17.7 Å². The van der Waals surface area contributed by atoms with E-state index in [1.807, 2.05) is 12.1 Å². The third kappa shape index (κ3) is 5.91. The van der Waals surface area contributed by atoms with Gasteiger partial charge in [-0.1, -0.05) is 45.0 Å². The molecule has 0 radical (unpaired) electrons. The van der Waals surface area contributed by atoms with E-state index in [0.29, 0.717) is 16.9 Å². The molecule has 3 rings (SSSR count). The van der Waals surface area contributed by atoms with Gasteiger partial charge in [0.25, 0.3) is 17.2 Å². The Kier molecular flexibility index (Phi) is 6.72. The summed E-state index contributed by atoms with van der Waals surface area (Å²) in [7, 11) is 0. The molecule has 9 heteroatoms. The highest BCUT2D eigenvalue weighted by atomic mass is 16.6. The van der Waals surface area contributed by atoms with Crippen molar-refractivity contribution in [3.63, 3.8) is 0 Å². The van der Waals surface area contributed by atoms with Gasteiger partial charge in [-0.25, -0.2) is 0 Å². The van der Waals surface area contributed by atoms with E-state index in [-0.39, 0.29) is 17.0 Å². The van der Waals surface area contributed by atoms with Crippen LogP contribution >= 0.6 is 0 Å². The molecule has 170 valence electrons. The van der Waals surface area contributed by atoms with Crippen molar-refractivity contribution in [2.24, 2.45) is 0 Å². The molecule has 0 aliphatic carbocycles. The van der Waals surface area contributed by atoms with Crippen LogP contribution in [0.4, 0.5) is 17.1 Å². The fraction of sp³-hybridized carbons (Fsp3) is 0.208. The number of benzene rings is 2. The smallest absolute Gasteiger partial charge is 0.285 e. The summed E-state index contributed by atoms with van der Waals surface area (Å²) in [5.41, 5.74) is 1.40. The highest BCUT2D eigenvalue weighted by Crippen LogP contribution is 2.24. The normalized spacial score (nSPS) is 11.0. The fourth-order valence-corrected chi connectivity index (χ4v) is 3.11. The monoisotopic (exact) mass is 448 g/mol. The second kappa shape index (κ2) is 9.47. The van der Waals surface area contributed by atoms with E-state index < -0.39 is 22.9 Å². The number of hydrogen-bond donors (Lipinski definition) is 2. The van der Waals surface area contributed by atoms with E-state index in [2.05, 4.69) is 31.4 Å². The minimum atomic E-state index is -0.646. The van der Waals surface area contributed by atoms with E-state index in [4.69, 9.17) is 0 Å². The second-order valence-electron chi connectivity index (χ2n) is 8.49. The Morgan fingerprint density at radius 3 is 2.12 bits per heavy atom. The Morgan fingerprint density at radius 1 is 0.939 bits per heavy atom. The molecule has 3 aromatic rings. The molecule has 0 fully saturated rings. The van der Waals surface area contributed by atoms with Crippen LogP contribution in [0, 0.1) is 10.1 Å². The minimum absolute atomic E-state index is 0.0347. The van der Waals surface area contributed by atoms with Crippen molar-refractivity contribution in [2.45, 2.75) is 32.7 Å². The number of nitrogens with one attached hydrogen (secondary N) is 2. The van der Waals surface area contributed by atoms with Crippen molar-refractivity contribution in [2.75, 3.05) is 10.6 Å². The molecule has 0 saturated carbocycles. The molecule has 2 amide bonds. The van der Waals surface area contributed by atoms with Gasteiger partial charge in [-0.2, -0.15) is 0 Å². The van der Waals surface area contributed by atoms with Crippen LogP contribution in [0.2, 0.25) is 0 Å². The van der Waals surface area contributed by atoms with Gasteiger partial charge >= 0.3 is 0 Å². The van der Waals surface area contributed by atoms with Gasteiger partial charge in [-0.3, -0.25) is 29.1 Å². The number of pyridine rings is 1. The van der Waals surface area contributed by atoms with Crippen molar-refractivity contribution in [3.05, 3.63) is 98.5 Å². The summed E-state index contributed by atoms with van der Waals surface area (Å²) >= 11 is 0. The van der Waals surface area contributed by atoms with Crippen molar-refractivity contribution in [1.29, 1.82) is 0 Å². The average Bonchev–Trinajstić information content (AvgIpc) is 2.76. The summed E-state index contributed by atoms with van der Waals surface area (Å²) in [5, 5.41) is 16.3. The first-order valence-corrected chi connectivity index (χ1v) is 10.2. The zero-order chi connectivity index (χ0) is 24.2. The fourth-order valence-electron chi connectivity index (χ4n) is 3.11. The van der Waals surface area contributed by atoms with Crippen LogP contribution in [0.1, 0.15) is 36.7 Å². The molecule has 0 aliphatic rings. The molecule has 0 atom stereocenters. The molecule has 0 unspecified atom stereocenters. The maximum atomic E-state index is 12.7. The lowest BCUT2D eigenvalue weighted by Gasteiger charge is -2.19. The lowest BCUT2D eigenvalue weighted by atomic mass is 9.87. The molecule has 33 heavy (non-hydrogen) atoms.